The zero-order valence-corrected chi connectivity index (χ0v) is 12.5. The maximum atomic E-state index is 8.99. The first-order chi connectivity index (χ1) is 9.15. The van der Waals surface area contributed by atoms with Crippen LogP contribution in [0.2, 0.25) is 0 Å². The monoisotopic (exact) mass is 287 g/mol. The maximum Gasteiger partial charge on any atom is 0.127 e. The van der Waals surface area contributed by atoms with Crippen LogP contribution in [0.1, 0.15) is 17.9 Å². The average molecular weight is 288 g/mol. The number of hydrogen-bond acceptors (Lipinski definition) is 4. The highest BCUT2D eigenvalue weighted by Gasteiger charge is 2.17. The van der Waals surface area contributed by atoms with E-state index in [4.69, 9.17) is 26.2 Å². The van der Waals surface area contributed by atoms with Gasteiger partial charge in [-0.05, 0) is 12.6 Å². The highest BCUT2D eigenvalue weighted by molar-refractivity contribution is 6.21. The Morgan fingerprint density at radius 3 is 2.58 bits per heavy atom. The zero-order chi connectivity index (χ0) is 14.3. The number of methoxy groups -OCH3 is 2. The molecule has 0 aliphatic carbocycles. The second-order valence-corrected chi connectivity index (χ2v) is 4.72. The molecule has 0 spiro atoms. The van der Waals surface area contributed by atoms with Crippen LogP contribution in [0.15, 0.2) is 18.2 Å². The molecule has 1 rings (SSSR count). The van der Waals surface area contributed by atoms with E-state index in [1.807, 2.05) is 25.1 Å². The molecule has 0 aromatic heterocycles. The second kappa shape index (κ2) is 8.25. The van der Waals surface area contributed by atoms with Gasteiger partial charge in [-0.25, -0.2) is 0 Å². The van der Waals surface area contributed by atoms with Gasteiger partial charge < -0.3 is 14.6 Å². The van der Waals surface area contributed by atoms with E-state index in [0.29, 0.717) is 13.1 Å². The largest absolute Gasteiger partial charge is 0.497 e. The summed E-state index contributed by atoms with van der Waals surface area (Å²) in [5, 5.41) is 8.81. The molecule has 1 aromatic carbocycles. The maximum absolute atomic E-state index is 8.99. The van der Waals surface area contributed by atoms with Gasteiger partial charge >= 0.3 is 0 Å². The lowest BCUT2D eigenvalue weighted by molar-refractivity contribution is 0.201. The molecule has 4 nitrogen and oxygen atoms in total. The fraction of sp³-hybridized carbons (Fsp3) is 0.571. The van der Waals surface area contributed by atoms with Crippen molar-refractivity contribution in [1.82, 2.24) is 4.90 Å². The summed E-state index contributed by atoms with van der Waals surface area (Å²) in [5.74, 6) is 1.46. The summed E-state index contributed by atoms with van der Waals surface area (Å²) in [6.07, 6.45) is 0. The van der Waals surface area contributed by atoms with E-state index in [1.165, 1.54) is 0 Å². The van der Waals surface area contributed by atoms with E-state index in [0.717, 1.165) is 23.6 Å². The Kier molecular flexibility index (Phi) is 6.99. The summed E-state index contributed by atoms with van der Waals surface area (Å²) >= 11 is 6.45. The Hall–Kier alpha value is -0.970. The smallest absolute Gasteiger partial charge is 0.127 e. The molecular weight excluding hydrogens is 266 g/mol. The molecule has 1 atom stereocenters. The molecule has 0 heterocycles. The molecule has 1 N–H and O–H groups in total. The summed E-state index contributed by atoms with van der Waals surface area (Å²) in [6.45, 7) is 4.32. The lowest BCUT2D eigenvalue weighted by Crippen LogP contribution is -2.29. The Balaban J connectivity index is 2.83. The minimum Gasteiger partial charge on any atom is -0.497 e. The van der Waals surface area contributed by atoms with E-state index in [-0.39, 0.29) is 12.0 Å². The van der Waals surface area contributed by atoms with Crippen molar-refractivity contribution in [1.29, 1.82) is 0 Å². The summed E-state index contributed by atoms with van der Waals surface area (Å²) in [4.78, 5) is 2.10. The molecule has 108 valence electrons. The quantitative estimate of drug-likeness (QED) is 0.745. The van der Waals surface area contributed by atoms with Gasteiger partial charge in [-0.1, -0.05) is 13.0 Å². The van der Waals surface area contributed by atoms with Crippen LogP contribution in [0.3, 0.4) is 0 Å². The minimum absolute atomic E-state index is 0.136. The summed E-state index contributed by atoms with van der Waals surface area (Å²) < 4.78 is 10.5. The van der Waals surface area contributed by atoms with Crippen LogP contribution in [0.25, 0.3) is 0 Å². The van der Waals surface area contributed by atoms with Crippen molar-refractivity contribution in [3.63, 3.8) is 0 Å². The first kappa shape index (κ1) is 16.1. The van der Waals surface area contributed by atoms with Crippen molar-refractivity contribution in [3.05, 3.63) is 23.8 Å². The highest BCUT2D eigenvalue weighted by Crippen LogP contribution is 2.33. The van der Waals surface area contributed by atoms with Crippen molar-refractivity contribution in [2.45, 2.75) is 12.3 Å². The summed E-state index contributed by atoms with van der Waals surface area (Å²) in [7, 11) is 3.24. The lowest BCUT2D eigenvalue weighted by Gasteiger charge is -2.23. The third-order valence-corrected chi connectivity index (χ3v) is 3.43. The lowest BCUT2D eigenvalue weighted by atomic mass is 10.1. The van der Waals surface area contributed by atoms with Crippen LogP contribution in [-0.2, 0) is 0 Å². The molecule has 19 heavy (non-hydrogen) atoms. The Bertz CT molecular complexity index is 387. The van der Waals surface area contributed by atoms with E-state index >= 15 is 0 Å². The fourth-order valence-electron chi connectivity index (χ4n) is 1.92. The number of aliphatic hydroxyl groups excluding tert-OH is 1. The van der Waals surface area contributed by atoms with Crippen molar-refractivity contribution >= 4 is 11.6 Å². The van der Waals surface area contributed by atoms with E-state index in [2.05, 4.69) is 4.90 Å². The molecule has 0 saturated heterocycles. The number of rotatable bonds is 8. The van der Waals surface area contributed by atoms with Gasteiger partial charge in [0.05, 0.1) is 26.2 Å². The van der Waals surface area contributed by atoms with Crippen LogP contribution in [0.5, 0.6) is 11.5 Å². The molecule has 0 saturated carbocycles. The van der Waals surface area contributed by atoms with E-state index in [9.17, 15) is 0 Å². The van der Waals surface area contributed by atoms with Crippen LogP contribution in [0, 0.1) is 0 Å². The summed E-state index contributed by atoms with van der Waals surface area (Å²) in [6, 6.07) is 5.62. The van der Waals surface area contributed by atoms with Crippen LogP contribution >= 0.6 is 11.6 Å². The van der Waals surface area contributed by atoms with Crippen LogP contribution < -0.4 is 9.47 Å². The predicted molar refractivity (Wildman–Crippen MR) is 77.3 cm³/mol. The summed E-state index contributed by atoms with van der Waals surface area (Å²) in [5.41, 5.74) is 0.932. The van der Waals surface area contributed by atoms with Gasteiger partial charge in [0.15, 0.2) is 0 Å². The van der Waals surface area contributed by atoms with Crippen LogP contribution in [-0.4, -0.2) is 50.5 Å². The first-order valence-corrected chi connectivity index (χ1v) is 6.79. The Labute approximate surface area is 119 Å². The van der Waals surface area contributed by atoms with Crippen molar-refractivity contribution in [3.8, 4) is 11.5 Å². The molecule has 0 aliphatic heterocycles. The number of benzene rings is 1. The second-order valence-electron chi connectivity index (χ2n) is 4.19. The Morgan fingerprint density at radius 2 is 2.05 bits per heavy atom. The van der Waals surface area contributed by atoms with Crippen LogP contribution in [0.4, 0.5) is 0 Å². The Morgan fingerprint density at radius 1 is 1.32 bits per heavy atom. The van der Waals surface area contributed by atoms with Crippen molar-refractivity contribution < 1.29 is 14.6 Å². The fourth-order valence-corrected chi connectivity index (χ4v) is 2.30. The minimum atomic E-state index is -0.188. The van der Waals surface area contributed by atoms with Gasteiger partial charge in [-0.2, -0.15) is 0 Å². The van der Waals surface area contributed by atoms with Gasteiger partial charge in [-0.15, -0.1) is 11.6 Å². The molecule has 0 radical (unpaired) electrons. The molecule has 0 bridgehead atoms. The van der Waals surface area contributed by atoms with Gasteiger partial charge in [0, 0.05) is 24.7 Å². The number of hydrogen-bond donors (Lipinski definition) is 1. The average Bonchev–Trinajstić information content (AvgIpc) is 2.45. The number of aliphatic hydroxyl groups is 1. The normalized spacial score (nSPS) is 12.5. The molecule has 0 fully saturated rings. The van der Waals surface area contributed by atoms with Gasteiger partial charge in [0.2, 0.25) is 0 Å². The molecule has 1 aromatic rings. The third-order valence-electron chi connectivity index (χ3n) is 3.06. The van der Waals surface area contributed by atoms with Crippen molar-refractivity contribution in [2.75, 3.05) is 40.5 Å². The third kappa shape index (κ3) is 4.56. The van der Waals surface area contributed by atoms with Crippen molar-refractivity contribution in [2.24, 2.45) is 0 Å². The van der Waals surface area contributed by atoms with E-state index in [1.54, 1.807) is 14.2 Å². The zero-order valence-electron chi connectivity index (χ0n) is 11.7. The highest BCUT2D eigenvalue weighted by atomic mass is 35.5. The molecular formula is C14H22ClNO3. The number of ether oxygens (including phenoxy) is 2. The van der Waals surface area contributed by atoms with E-state index < -0.39 is 0 Å². The first-order valence-electron chi connectivity index (χ1n) is 6.35. The number of alkyl halides is 1. The SMILES string of the molecule is CCN(CCO)CC(Cl)c1ccc(OC)cc1OC. The molecule has 0 aliphatic rings. The van der Waals surface area contributed by atoms with Gasteiger partial charge in [0.25, 0.3) is 0 Å². The molecule has 1 unspecified atom stereocenters. The predicted octanol–water partition coefficient (Wildman–Crippen LogP) is 2.30. The van der Waals surface area contributed by atoms with Gasteiger partial charge in [0.1, 0.15) is 11.5 Å². The standard InChI is InChI=1S/C14H22ClNO3/c1-4-16(7-8-17)10-13(15)12-6-5-11(18-2)9-14(12)19-3/h5-6,9,13,17H,4,7-8,10H2,1-3H3. The molecule has 5 heteroatoms. The number of nitrogens with zero attached hydrogens (tertiary/aromatic N) is 1. The van der Waals surface area contributed by atoms with Gasteiger partial charge in [-0.3, -0.25) is 4.90 Å². The molecule has 0 amide bonds. The topological polar surface area (TPSA) is 41.9 Å². The number of halogens is 1. The number of likely N-dealkylation sites (N-methyl/N-ethyl adjacent to an activating group) is 1.